The average Bonchev–Trinajstić information content (AvgIpc) is 1.91. The van der Waals surface area contributed by atoms with E-state index in [2.05, 4.69) is 14.8 Å². The molecule has 1 rings (SSSR count). The third-order valence-corrected chi connectivity index (χ3v) is 0.840. The fourth-order valence-electron chi connectivity index (χ4n) is 0.482. The van der Waals surface area contributed by atoms with E-state index >= 15 is 0 Å². The monoisotopic (exact) mass is 119 g/mol. The van der Waals surface area contributed by atoms with Crippen molar-refractivity contribution in [3.8, 4) is 0 Å². The van der Waals surface area contributed by atoms with Gasteiger partial charge in [-0.25, -0.2) is 16.5 Å². The first-order valence-electron chi connectivity index (χ1n) is 2.52. The lowest BCUT2D eigenvalue weighted by molar-refractivity contribution is 0.986. The summed E-state index contributed by atoms with van der Waals surface area (Å²) in [4.78, 5) is 10.8. The maximum absolute atomic E-state index is 6.49. The Morgan fingerprint density at radius 1 is 1.44 bits per heavy atom. The van der Waals surface area contributed by atoms with Crippen LogP contribution >= 0.6 is 0 Å². The maximum Gasteiger partial charge on any atom is 0.273 e. The maximum atomic E-state index is 6.49. The number of hydrogen-bond donors (Lipinski definition) is 0. The Balaban J connectivity index is 2.76. The highest BCUT2D eigenvalue weighted by Gasteiger charge is 1.92. The van der Waals surface area contributed by atoms with Crippen LogP contribution in [0, 0.1) is 6.57 Å². The van der Waals surface area contributed by atoms with Crippen LogP contribution in [0.1, 0.15) is 5.82 Å². The van der Waals surface area contributed by atoms with Crippen molar-refractivity contribution in [2.75, 3.05) is 0 Å². The van der Waals surface area contributed by atoms with Crippen LogP contribution in [0.2, 0.25) is 0 Å². The van der Waals surface area contributed by atoms with Gasteiger partial charge < -0.3 is 4.85 Å². The third-order valence-electron chi connectivity index (χ3n) is 0.840. The summed E-state index contributed by atoms with van der Waals surface area (Å²) < 4.78 is 0. The molecule has 0 bridgehead atoms. The van der Waals surface area contributed by atoms with Crippen molar-refractivity contribution in [2.24, 2.45) is 0 Å². The highest BCUT2D eigenvalue weighted by Crippen LogP contribution is 1.87. The van der Waals surface area contributed by atoms with Gasteiger partial charge in [-0.15, -0.1) is 0 Å². The van der Waals surface area contributed by atoms with E-state index in [1.807, 2.05) is 0 Å². The number of hydrogen-bond acceptors (Lipinski definition) is 2. The first-order chi connectivity index (χ1) is 4.43. The van der Waals surface area contributed by atoms with Crippen LogP contribution in [0.4, 0.5) is 0 Å². The van der Waals surface area contributed by atoms with Gasteiger partial charge >= 0.3 is 0 Å². The number of rotatable bonds is 1. The second-order valence-corrected chi connectivity index (χ2v) is 1.48. The normalized spacial score (nSPS) is 8.33. The van der Waals surface area contributed by atoms with Crippen LogP contribution in [0.3, 0.4) is 0 Å². The van der Waals surface area contributed by atoms with Gasteiger partial charge in [0, 0.05) is 12.4 Å². The summed E-state index contributed by atoms with van der Waals surface area (Å²) >= 11 is 0. The van der Waals surface area contributed by atoms with Crippen LogP contribution in [0.25, 0.3) is 4.85 Å². The average molecular weight is 119 g/mol. The van der Waals surface area contributed by atoms with Gasteiger partial charge in [-0.3, -0.25) is 0 Å². The summed E-state index contributed by atoms with van der Waals surface area (Å²) in [6.07, 6.45) is 3.26. The Hall–Kier alpha value is -1.43. The summed E-state index contributed by atoms with van der Waals surface area (Å²) in [5.74, 6) is 0.590. The lowest BCUT2D eigenvalue weighted by Crippen LogP contribution is -1.87. The van der Waals surface area contributed by atoms with E-state index in [0.29, 0.717) is 5.82 Å². The third kappa shape index (κ3) is 1.50. The number of nitrogens with zero attached hydrogens (tertiary/aromatic N) is 3. The van der Waals surface area contributed by atoms with Gasteiger partial charge in [0.2, 0.25) is 5.82 Å². The van der Waals surface area contributed by atoms with Gasteiger partial charge in [0.1, 0.15) is 0 Å². The minimum Gasteiger partial charge on any atom is -0.308 e. The van der Waals surface area contributed by atoms with Crippen molar-refractivity contribution in [1.82, 2.24) is 9.97 Å². The molecule has 0 fully saturated rings. The van der Waals surface area contributed by atoms with Crippen LogP contribution in [0.15, 0.2) is 18.5 Å². The summed E-state index contributed by atoms with van der Waals surface area (Å²) in [6, 6.07) is 1.73. The van der Waals surface area contributed by atoms with Crippen molar-refractivity contribution in [3.63, 3.8) is 0 Å². The van der Waals surface area contributed by atoms with Crippen molar-refractivity contribution in [1.29, 1.82) is 0 Å². The first kappa shape index (κ1) is 5.70. The molecule has 0 saturated carbocycles. The molecule has 1 aromatic rings. The van der Waals surface area contributed by atoms with Crippen LogP contribution in [-0.2, 0) is 6.54 Å². The molecule has 0 spiro atoms. The van der Waals surface area contributed by atoms with Gasteiger partial charge in [0.25, 0.3) is 6.54 Å². The molecule has 1 aromatic heterocycles. The zero-order valence-corrected chi connectivity index (χ0v) is 4.78. The zero-order valence-electron chi connectivity index (χ0n) is 4.78. The number of aromatic nitrogens is 2. The molecule has 3 heteroatoms. The summed E-state index contributed by atoms with van der Waals surface area (Å²) in [5.41, 5.74) is 0. The Morgan fingerprint density at radius 3 is 2.67 bits per heavy atom. The van der Waals surface area contributed by atoms with E-state index in [1.54, 1.807) is 18.5 Å². The smallest absolute Gasteiger partial charge is 0.273 e. The van der Waals surface area contributed by atoms with Gasteiger partial charge in [0.05, 0.1) is 0 Å². The summed E-state index contributed by atoms with van der Waals surface area (Å²) in [5, 5.41) is 0. The van der Waals surface area contributed by atoms with Gasteiger partial charge in [-0.2, -0.15) is 0 Å². The van der Waals surface area contributed by atoms with E-state index in [9.17, 15) is 0 Å². The Labute approximate surface area is 53.2 Å². The van der Waals surface area contributed by atoms with Crippen molar-refractivity contribution in [3.05, 3.63) is 35.7 Å². The molecule has 3 nitrogen and oxygen atoms in total. The van der Waals surface area contributed by atoms with Crippen molar-refractivity contribution in [2.45, 2.75) is 6.54 Å². The van der Waals surface area contributed by atoms with E-state index in [1.165, 1.54) is 0 Å². The minimum absolute atomic E-state index is 0.279. The van der Waals surface area contributed by atoms with Crippen molar-refractivity contribution < 1.29 is 0 Å². The van der Waals surface area contributed by atoms with E-state index in [0.717, 1.165) is 0 Å². The van der Waals surface area contributed by atoms with E-state index in [-0.39, 0.29) is 6.54 Å². The molecule has 0 amide bonds. The quantitative estimate of drug-likeness (QED) is 0.514. The highest BCUT2D eigenvalue weighted by atomic mass is 14.9. The van der Waals surface area contributed by atoms with Gasteiger partial charge in [-0.05, 0) is 6.07 Å². The molecule has 0 N–H and O–H groups in total. The van der Waals surface area contributed by atoms with Gasteiger partial charge in [0.15, 0.2) is 0 Å². The van der Waals surface area contributed by atoms with Crippen LogP contribution in [-0.4, -0.2) is 9.97 Å². The van der Waals surface area contributed by atoms with Crippen LogP contribution < -0.4 is 0 Å². The molecule has 0 atom stereocenters. The molecule has 1 heterocycles. The Bertz CT molecular complexity index is 211. The van der Waals surface area contributed by atoms with Gasteiger partial charge in [-0.1, -0.05) is 0 Å². The second-order valence-electron chi connectivity index (χ2n) is 1.48. The largest absolute Gasteiger partial charge is 0.308 e. The summed E-state index contributed by atoms with van der Waals surface area (Å²) in [7, 11) is 0. The Kier molecular flexibility index (Phi) is 1.76. The standard InChI is InChI=1S/C6H5N3/c1-7-5-6-8-3-2-4-9-6/h2-4H,5H2. The molecule has 0 aromatic carbocycles. The predicted octanol–water partition coefficient (Wildman–Crippen LogP) is 0.896. The minimum atomic E-state index is 0.279. The lowest BCUT2D eigenvalue weighted by atomic mass is 10.6. The van der Waals surface area contributed by atoms with E-state index in [4.69, 9.17) is 6.57 Å². The zero-order chi connectivity index (χ0) is 6.53. The Morgan fingerprint density at radius 2 is 2.11 bits per heavy atom. The highest BCUT2D eigenvalue weighted by molar-refractivity contribution is 4.90. The SMILES string of the molecule is [C-]#[N+]Cc1ncccn1. The predicted molar refractivity (Wildman–Crippen MR) is 32.3 cm³/mol. The molecule has 0 aliphatic carbocycles. The van der Waals surface area contributed by atoms with E-state index < -0.39 is 0 Å². The fraction of sp³-hybridized carbons (Fsp3) is 0.167. The lowest BCUT2D eigenvalue weighted by Gasteiger charge is -1.84. The molecule has 44 valence electrons. The molecule has 0 radical (unpaired) electrons. The second kappa shape index (κ2) is 2.78. The molecule has 9 heavy (non-hydrogen) atoms. The molecule has 0 aliphatic rings. The molecule has 0 saturated heterocycles. The fourth-order valence-corrected chi connectivity index (χ4v) is 0.482. The molecule has 0 aliphatic heterocycles. The molecular formula is C6H5N3. The van der Waals surface area contributed by atoms with Crippen LogP contribution in [0.5, 0.6) is 0 Å². The van der Waals surface area contributed by atoms with Crippen molar-refractivity contribution >= 4 is 0 Å². The molecular weight excluding hydrogens is 114 g/mol. The topological polar surface area (TPSA) is 30.1 Å². The molecule has 0 unspecified atom stereocenters. The summed E-state index contributed by atoms with van der Waals surface area (Å²) in [6.45, 7) is 6.76. The first-order valence-corrected chi connectivity index (χ1v) is 2.52.